The van der Waals surface area contributed by atoms with Crippen LogP contribution in [-0.4, -0.2) is 25.8 Å². The molecule has 19 heavy (non-hydrogen) atoms. The highest BCUT2D eigenvalue weighted by Gasteiger charge is 2.20. The first kappa shape index (κ1) is 15.3. The molecule has 0 aliphatic rings. The molecular formula is C15H22O4. The van der Waals surface area contributed by atoms with Crippen LogP contribution in [0.5, 0.6) is 11.5 Å². The Kier molecular flexibility index (Phi) is 5.67. The van der Waals surface area contributed by atoms with Gasteiger partial charge in [-0.3, -0.25) is 0 Å². The van der Waals surface area contributed by atoms with Crippen LogP contribution in [-0.2, 0) is 9.53 Å². The number of hydrogen-bond donors (Lipinski definition) is 0. The Hall–Kier alpha value is -1.71. The van der Waals surface area contributed by atoms with Crippen molar-refractivity contribution in [1.82, 2.24) is 0 Å². The summed E-state index contributed by atoms with van der Waals surface area (Å²) in [6, 6.07) is 3.79. The minimum Gasteiger partial charge on any atom is -0.496 e. The van der Waals surface area contributed by atoms with E-state index in [9.17, 15) is 4.79 Å². The van der Waals surface area contributed by atoms with E-state index >= 15 is 0 Å². The van der Waals surface area contributed by atoms with Crippen molar-refractivity contribution in [3.8, 4) is 11.5 Å². The zero-order chi connectivity index (χ0) is 14.4. The Morgan fingerprint density at radius 2 is 1.74 bits per heavy atom. The zero-order valence-corrected chi connectivity index (χ0v) is 12.3. The highest BCUT2D eigenvalue weighted by molar-refractivity contribution is 5.75. The number of hydrogen-bond acceptors (Lipinski definition) is 4. The predicted octanol–water partition coefficient (Wildman–Crippen LogP) is 3.03. The third-order valence-corrected chi connectivity index (χ3v) is 2.88. The number of esters is 1. The maximum atomic E-state index is 11.7. The Balaban J connectivity index is 2.91. The van der Waals surface area contributed by atoms with Gasteiger partial charge in [0.25, 0.3) is 0 Å². The summed E-state index contributed by atoms with van der Waals surface area (Å²) in [6.45, 7) is 7.91. The second kappa shape index (κ2) is 7.02. The lowest BCUT2D eigenvalue weighted by molar-refractivity contribution is -0.151. The van der Waals surface area contributed by atoms with Crippen LogP contribution < -0.4 is 9.47 Å². The maximum Gasteiger partial charge on any atom is 0.347 e. The van der Waals surface area contributed by atoms with Gasteiger partial charge in [-0.05, 0) is 50.5 Å². The number of carbonyl (C=O) groups excluding carboxylic acids is 1. The largest absolute Gasteiger partial charge is 0.496 e. The molecule has 1 atom stereocenters. The third kappa shape index (κ3) is 3.88. The van der Waals surface area contributed by atoms with Gasteiger partial charge in [-0.25, -0.2) is 4.79 Å². The van der Waals surface area contributed by atoms with Gasteiger partial charge in [0.15, 0.2) is 6.10 Å². The van der Waals surface area contributed by atoms with E-state index in [4.69, 9.17) is 14.2 Å². The quantitative estimate of drug-likeness (QED) is 0.742. The molecule has 106 valence electrons. The molecule has 0 fully saturated rings. The molecule has 1 aromatic rings. The third-order valence-electron chi connectivity index (χ3n) is 2.88. The summed E-state index contributed by atoms with van der Waals surface area (Å²) in [5.41, 5.74) is 1.91. The van der Waals surface area contributed by atoms with Crippen molar-refractivity contribution in [2.75, 3.05) is 13.7 Å². The summed E-state index contributed by atoms with van der Waals surface area (Å²) in [7, 11) is 1.63. The lowest BCUT2D eigenvalue weighted by Crippen LogP contribution is -2.29. The topological polar surface area (TPSA) is 44.8 Å². The Morgan fingerprint density at radius 1 is 1.16 bits per heavy atom. The SMILES string of the molecule is CCOC(=O)C(CC)Oc1cc(C)c(OC)cc1C. The average Bonchev–Trinajstić information content (AvgIpc) is 2.39. The van der Waals surface area contributed by atoms with Gasteiger partial charge in [0.1, 0.15) is 11.5 Å². The molecule has 0 amide bonds. The molecule has 0 bridgehead atoms. The summed E-state index contributed by atoms with van der Waals surface area (Å²) < 4.78 is 16.0. The van der Waals surface area contributed by atoms with Crippen LogP contribution in [0.15, 0.2) is 12.1 Å². The lowest BCUT2D eigenvalue weighted by atomic mass is 10.1. The van der Waals surface area contributed by atoms with Crippen LogP contribution in [0.3, 0.4) is 0 Å². The normalized spacial score (nSPS) is 11.8. The number of ether oxygens (including phenoxy) is 3. The molecule has 0 saturated carbocycles. The van der Waals surface area contributed by atoms with Crippen molar-refractivity contribution in [1.29, 1.82) is 0 Å². The van der Waals surface area contributed by atoms with E-state index in [0.717, 1.165) is 16.9 Å². The fourth-order valence-corrected chi connectivity index (χ4v) is 1.80. The number of rotatable bonds is 6. The minimum atomic E-state index is -0.563. The average molecular weight is 266 g/mol. The first-order chi connectivity index (χ1) is 9.03. The Labute approximate surface area is 114 Å². The monoisotopic (exact) mass is 266 g/mol. The summed E-state index contributed by atoms with van der Waals surface area (Å²) in [5.74, 6) is 1.19. The molecule has 0 aliphatic carbocycles. The maximum absolute atomic E-state index is 11.7. The second-order valence-electron chi connectivity index (χ2n) is 4.35. The zero-order valence-electron chi connectivity index (χ0n) is 12.3. The first-order valence-corrected chi connectivity index (χ1v) is 6.51. The summed E-state index contributed by atoms with van der Waals surface area (Å²) in [6.07, 6.45) is 0.00929. The van der Waals surface area contributed by atoms with Gasteiger partial charge in [0.05, 0.1) is 13.7 Å². The number of benzene rings is 1. The van der Waals surface area contributed by atoms with Crippen LogP contribution in [0.2, 0.25) is 0 Å². The molecule has 1 rings (SSSR count). The van der Waals surface area contributed by atoms with Crippen molar-refractivity contribution in [2.24, 2.45) is 0 Å². The van der Waals surface area contributed by atoms with E-state index < -0.39 is 6.10 Å². The number of aryl methyl sites for hydroxylation is 2. The van der Waals surface area contributed by atoms with Gasteiger partial charge in [0, 0.05) is 0 Å². The molecular weight excluding hydrogens is 244 g/mol. The molecule has 4 nitrogen and oxygen atoms in total. The summed E-state index contributed by atoms with van der Waals surface area (Å²) >= 11 is 0. The highest BCUT2D eigenvalue weighted by Crippen LogP contribution is 2.28. The first-order valence-electron chi connectivity index (χ1n) is 6.51. The molecule has 0 radical (unpaired) electrons. The Bertz CT molecular complexity index is 440. The molecule has 0 heterocycles. The van der Waals surface area contributed by atoms with Gasteiger partial charge >= 0.3 is 5.97 Å². The Morgan fingerprint density at radius 3 is 2.26 bits per heavy atom. The standard InChI is InChI=1S/C15H22O4/c1-6-12(15(16)18-7-2)19-14-9-10(3)13(17-5)8-11(14)4/h8-9,12H,6-7H2,1-5H3. The van der Waals surface area contributed by atoms with E-state index in [1.807, 2.05) is 32.9 Å². The van der Waals surface area contributed by atoms with Crippen molar-refractivity contribution >= 4 is 5.97 Å². The van der Waals surface area contributed by atoms with Crippen molar-refractivity contribution in [3.63, 3.8) is 0 Å². The van der Waals surface area contributed by atoms with Crippen LogP contribution in [0.25, 0.3) is 0 Å². The fourth-order valence-electron chi connectivity index (χ4n) is 1.80. The minimum absolute atomic E-state index is 0.321. The van der Waals surface area contributed by atoms with Gasteiger partial charge in [-0.2, -0.15) is 0 Å². The summed E-state index contributed by atoms with van der Waals surface area (Å²) in [4.78, 5) is 11.7. The number of carbonyl (C=O) groups is 1. The van der Waals surface area contributed by atoms with Crippen molar-refractivity contribution in [2.45, 2.75) is 40.2 Å². The molecule has 1 aromatic carbocycles. The molecule has 1 unspecified atom stereocenters. The van der Waals surface area contributed by atoms with Crippen LogP contribution in [0.1, 0.15) is 31.4 Å². The van der Waals surface area contributed by atoms with Crippen LogP contribution in [0.4, 0.5) is 0 Å². The van der Waals surface area contributed by atoms with E-state index in [0.29, 0.717) is 18.8 Å². The van der Waals surface area contributed by atoms with Gasteiger partial charge in [-0.1, -0.05) is 6.92 Å². The fraction of sp³-hybridized carbons (Fsp3) is 0.533. The van der Waals surface area contributed by atoms with Gasteiger partial charge in [-0.15, -0.1) is 0 Å². The molecule has 0 N–H and O–H groups in total. The molecule has 0 aromatic heterocycles. The van der Waals surface area contributed by atoms with Gasteiger partial charge in [0.2, 0.25) is 0 Å². The van der Waals surface area contributed by atoms with E-state index in [1.165, 1.54) is 0 Å². The molecule has 0 saturated heterocycles. The molecule has 0 spiro atoms. The number of methoxy groups -OCH3 is 1. The van der Waals surface area contributed by atoms with Crippen molar-refractivity contribution in [3.05, 3.63) is 23.3 Å². The van der Waals surface area contributed by atoms with Crippen molar-refractivity contribution < 1.29 is 19.0 Å². The van der Waals surface area contributed by atoms with E-state index in [-0.39, 0.29) is 5.97 Å². The summed E-state index contributed by atoms with van der Waals surface area (Å²) in [5, 5.41) is 0. The molecule has 4 heteroatoms. The lowest BCUT2D eigenvalue weighted by Gasteiger charge is -2.18. The second-order valence-corrected chi connectivity index (χ2v) is 4.35. The van der Waals surface area contributed by atoms with Crippen LogP contribution in [0, 0.1) is 13.8 Å². The smallest absolute Gasteiger partial charge is 0.347 e. The van der Waals surface area contributed by atoms with E-state index in [2.05, 4.69) is 0 Å². The predicted molar refractivity (Wildman–Crippen MR) is 73.8 cm³/mol. The van der Waals surface area contributed by atoms with E-state index in [1.54, 1.807) is 14.0 Å². The molecule has 0 aliphatic heterocycles. The van der Waals surface area contributed by atoms with Crippen LogP contribution >= 0.6 is 0 Å². The highest BCUT2D eigenvalue weighted by atomic mass is 16.6. The van der Waals surface area contributed by atoms with Gasteiger partial charge < -0.3 is 14.2 Å².